The Morgan fingerprint density at radius 1 is 1.44 bits per heavy atom. The minimum Gasteiger partial charge on any atom is -0.439 e. The standard InChI is InChI=1S/C11H8N6O/c12-4-9-14-6-17(16-9)5-10-15-11-7(13)2-1-3-8(11)18-10/h1-3,6H,5,13H2. The molecule has 0 saturated carbocycles. The summed E-state index contributed by atoms with van der Waals surface area (Å²) in [7, 11) is 0. The van der Waals surface area contributed by atoms with Crippen LogP contribution in [0.5, 0.6) is 0 Å². The van der Waals surface area contributed by atoms with Crippen molar-refractivity contribution < 1.29 is 4.42 Å². The Bertz CT molecular complexity index is 750. The van der Waals surface area contributed by atoms with Crippen LogP contribution in [0.4, 0.5) is 5.69 Å². The third-order valence-electron chi connectivity index (χ3n) is 2.43. The first-order valence-electron chi connectivity index (χ1n) is 5.20. The van der Waals surface area contributed by atoms with Gasteiger partial charge in [-0.05, 0) is 12.1 Å². The number of nitrogen functional groups attached to an aromatic ring is 1. The predicted octanol–water partition coefficient (Wildman–Crippen LogP) is 0.921. The maximum atomic E-state index is 8.62. The molecule has 0 fully saturated rings. The molecule has 0 amide bonds. The molecule has 2 heterocycles. The van der Waals surface area contributed by atoms with E-state index < -0.39 is 0 Å². The molecule has 0 aliphatic heterocycles. The van der Waals surface area contributed by atoms with Crippen molar-refractivity contribution in [2.24, 2.45) is 0 Å². The zero-order valence-electron chi connectivity index (χ0n) is 9.24. The normalized spacial score (nSPS) is 10.6. The molecule has 2 N–H and O–H groups in total. The van der Waals surface area contributed by atoms with Crippen molar-refractivity contribution in [1.82, 2.24) is 19.7 Å². The van der Waals surface area contributed by atoms with Crippen LogP contribution in [-0.4, -0.2) is 19.7 Å². The Morgan fingerprint density at radius 3 is 3.06 bits per heavy atom. The van der Waals surface area contributed by atoms with Gasteiger partial charge in [-0.1, -0.05) is 6.07 Å². The second-order valence-corrected chi connectivity index (χ2v) is 3.68. The number of nitrogens with two attached hydrogens (primary N) is 1. The summed E-state index contributed by atoms with van der Waals surface area (Å²) in [5.74, 6) is 0.586. The molecule has 1 aromatic carbocycles. The average Bonchev–Trinajstić information content (AvgIpc) is 2.96. The Morgan fingerprint density at radius 2 is 2.33 bits per heavy atom. The lowest BCUT2D eigenvalue weighted by Crippen LogP contribution is -2.00. The first-order chi connectivity index (χ1) is 8.76. The molecule has 0 aliphatic carbocycles. The number of hydrogen-bond acceptors (Lipinski definition) is 6. The van der Waals surface area contributed by atoms with Crippen LogP contribution in [0.1, 0.15) is 11.7 Å². The lowest BCUT2D eigenvalue weighted by Gasteiger charge is -1.92. The van der Waals surface area contributed by atoms with Crippen LogP contribution in [0.25, 0.3) is 11.1 Å². The van der Waals surface area contributed by atoms with Crippen LogP contribution >= 0.6 is 0 Å². The first-order valence-corrected chi connectivity index (χ1v) is 5.20. The van der Waals surface area contributed by atoms with Crippen LogP contribution in [0.2, 0.25) is 0 Å². The van der Waals surface area contributed by atoms with E-state index in [1.807, 2.05) is 6.07 Å². The molecule has 0 aliphatic rings. The molecule has 18 heavy (non-hydrogen) atoms. The topological polar surface area (TPSA) is 107 Å². The minimum atomic E-state index is 0.116. The second-order valence-electron chi connectivity index (χ2n) is 3.68. The van der Waals surface area contributed by atoms with E-state index >= 15 is 0 Å². The van der Waals surface area contributed by atoms with Crippen LogP contribution in [-0.2, 0) is 6.54 Å². The molecule has 0 spiro atoms. The number of nitriles is 1. The van der Waals surface area contributed by atoms with Gasteiger partial charge in [0.1, 0.15) is 24.5 Å². The summed E-state index contributed by atoms with van der Waals surface area (Å²) >= 11 is 0. The summed E-state index contributed by atoms with van der Waals surface area (Å²) < 4.78 is 7.02. The summed E-state index contributed by atoms with van der Waals surface area (Å²) in [6.07, 6.45) is 1.46. The van der Waals surface area contributed by atoms with E-state index in [2.05, 4.69) is 15.1 Å². The fraction of sp³-hybridized carbons (Fsp3) is 0.0909. The van der Waals surface area contributed by atoms with Crippen molar-refractivity contribution in [3.63, 3.8) is 0 Å². The molecule has 0 bridgehead atoms. The summed E-state index contributed by atoms with van der Waals surface area (Å²) in [6.45, 7) is 0.308. The molecule has 88 valence electrons. The van der Waals surface area contributed by atoms with E-state index in [9.17, 15) is 0 Å². The first kappa shape index (κ1) is 10.3. The SMILES string of the molecule is N#Cc1ncn(Cc2nc3c(N)cccc3o2)n1. The number of oxazole rings is 1. The van der Waals surface area contributed by atoms with Gasteiger partial charge in [0.15, 0.2) is 5.58 Å². The fourth-order valence-electron chi connectivity index (χ4n) is 1.64. The van der Waals surface area contributed by atoms with Crippen molar-refractivity contribution in [3.05, 3.63) is 36.2 Å². The highest BCUT2D eigenvalue weighted by molar-refractivity contribution is 5.85. The number of fused-ring (bicyclic) bond motifs is 1. The molecule has 0 atom stereocenters. The Kier molecular flexibility index (Phi) is 2.20. The summed E-state index contributed by atoms with van der Waals surface area (Å²) in [4.78, 5) is 8.08. The smallest absolute Gasteiger partial charge is 0.252 e. The van der Waals surface area contributed by atoms with Crippen molar-refractivity contribution in [3.8, 4) is 6.07 Å². The quantitative estimate of drug-likeness (QED) is 0.667. The van der Waals surface area contributed by atoms with Gasteiger partial charge in [0.05, 0.1) is 5.69 Å². The monoisotopic (exact) mass is 240 g/mol. The van der Waals surface area contributed by atoms with E-state index in [0.717, 1.165) is 0 Å². The van der Waals surface area contributed by atoms with Crippen LogP contribution in [0.3, 0.4) is 0 Å². The summed E-state index contributed by atoms with van der Waals surface area (Å²) in [5, 5.41) is 12.6. The van der Waals surface area contributed by atoms with Gasteiger partial charge >= 0.3 is 0 Å². The zero-order valence-corrected chi connectivity index (χ0v) is 9.24. The molecule has 7 heteroatoms. The van der Waals surface area contributed by atoms with Gasteiger partial charge in [-0.3, -0.25) is 0 Å². The maximum absolute atomic E-state index is 8.62. The zero-order chi connectivity index (χ0) is 12.5. The maximum Gasteiger partial charge on any atom is 0.252 e. The van der Waals surface area contributed by atoms with Crippen LogP contribution < -0.4 is 5.73 Å². The van der Waals surface area contributed by atoms with Crippen LogP contribution in [0, 0.1) is 11.3 Å². The van der Waals surface area contributed by atoms with Crippen molar-refractivity contribution in [1.29, 1.82) is 5.26 Å². The van der Waals surface area contributed by atoms with Gasteiger partial charge in [-0.25, -0.2) is 14.6 Å². The highest BCUT2D eigenvalue weighted by Gasteiger charge is 2.09. The molecule has 3 aromatic rings. The van der Waals surface area contributed by atoms with E-state index in [1.165, 1.54) is 11.0 Å². The molecule has 0 radical (unpaired) electrons. The average molecular weight is 240 g/mol. The molecule has 3 rings (SSSR count). The number of nitrogens with zero attached hydrogens (tertiary/aromatic N) is 5. The predicted molar refractivity (Wildman–Crippen MR) is 62.3 cm³/mol. The van der Waals surface area contributed by atoms with Gasteiger partial charge in [0.2, 0.25) is 5.89 Å². The van der Waals surface area contributed by atoms with Gasteiger partial charge < -0.3 is 10.2 Å². The Hall–Kier alpha value is -2.88. The highest BCUT2D eigenvalue weighted by atomic mass is 16.3. The molecular weight excluding hydrogens is 232 g/mol. The summed E-state index contributed by atoms with van der Waals surface area (Å²) in [5.41, 5.74) is 7.62. The molecule has 2 aromatic heterocycles. The van der Waals surface area contributed by atoms with E-state index in [0.29, 0.717) is 29.2 Å². The fourth-order valence-corrected chi connectivity index (χ4v) is 1.64. The molecule has 0 saturated heterocycles. The van der Waals surface area contributed by atoms with Crippen molar-refractivity contribution >= 4 is 16.8 Å². The van der Waals surface area contributed by atoms with Crippen molar-refractivity contribution in [2.75, 3.05) is 5.73 Å². The van der Waals surface area contributed by atoms with Gasteiger partial charge in [-0.2, -0.15) is 5.26 Å². The highest BCUT2D eigenvalue weighted by Crippen LogP contribution is 2.21. The number of aromatic nitrogens is 4. The third-order valence-corrected chi connectivity index (χ3v) is 2.43. The number of anilines is 1. The number of para-hydroxylation sites is 1. The number of hydrogen-bond donors (Lipinski definition) is 1. The summed E-state index contributed by atoms with van der Waals surface area (Å²) in [6, 6.07) is 7.21. The van der Waals surface area contributed by atoms with Crippen molar-refractivity contribution in [2.45, 2.75) is 6.54 Å². The molecular formula is C11H8N6O. The number of benzene rings is 1. The lowest BCUT2D eigenvalue weighted by molar-refractivity contribution is 0.491. The van der Waals surface area contributed by atoms with E-state index in [4.69, 9.17) is 15.4 Å². The van der Waals surface area contributed by atoms with Gasteiger partial charge in [-0.15, -0.1) is 5.10 Å². The minimum absolute atomic E-state index is 0.116. The van der Waals surface area contributed by atoms with Gasteiger partial charge in [0.25, 0.3) is 5.82 Å². The largest absolute Gasteiger partial charge is 0.439 e. The lowest BCUT2D eigenvalue weighted by atomic mass is 10.3. The number of rotatable bonds is 2. The molecule has 7 nitrogen and oxygen atoms in total. The Balaban J connectivity index is 1.96. The molecule has 0 unspecified atom stereocenters. The van der Waals surface area contributed by atoms with E-state index in [-0.39, 0.29) is 5.82 Å². The van der Waals surface area contributed by atoms with E-state index in [1.54, 1.807) is 18.2 Å². The second kappa shape index (κ2) is 3.85. The van der Waals surface area contributed by atoms with Gasteiger partial charge in [0, 0.05) is 0 Å². The van der Waals surface area contributed by atoms with Crippen LogP contribution in [0.15, 0.2) is 28.9 Å². The third kappa shape index (κ3) is 1.66. The Labute approximate surface area is 101 Å².